The van der Waals surface area contributed by atoms with Crippen LogP contribution >= 0.6 is 0 Å². The second kappa shape index (κ2) is 5.17. The molecule has 1 aromatic heterocycles. The average molecular weight is 308 g/mol. The lowest BCUT2D eigenvalue weighted by molar-refractivity contribution is -0.0632. The van der Waals surface area contributed by atoms with Crippen LogP contribution in [0.5, 0.6) is 0 Å². The fraction of sp³-hybridized carbons (Fsp3) is 0.571. The van der Waals surface area contributed by atoms with Crippen molar-refractivity contribution >= 4 is 11.6 Å². The molecule has 4 unspecified atom stereocenters. The van der Waals surface area contributed by atoms with Crippen molar-refractivity contribution in [2.45, 2.75) is 36.9 Å². The number of nitrogen functional groups attached to an aromatic ring is 1. The molecule has 120 valence electrons. The second-order valence-corrected chi connectivity index (χ2v) is 5.87. The summed E-state index contributed by atoms with van der Waals surface area (Å²) < 4.78 is 5.65. The fourth-order valence-corrected chi connectivity index (χ4v) is 3.20. The van der Waals surface area contributed by atoms with Crippen LogP contribution in [0.3, 0.4) is 0 Å². The van der Waals surface area contributed by atoms with Crippen LogP contribution in [0.1, 0.15) is 18.4 Å². The molecule has 1 saturated heterocycles. The highest BCUT2D eigenvalue weighted by Crippen LogP contribution is 2.43. The van der Waals surface area contributed by atoms with E-state index in [1.807, 2.05) is 0 Å². The van der Waals surface area contributed by atoms with E-state index in [0.29, 0.717) is 18.2 Å². The van der Waals surface area contributed by atoms with E-state index >= 15 is 0 Å². The summed E-state index contributed by atoms with van der Waals surface area (Å²) in [7, 11) is 0. The van der Waals surface area contributed by atoms with E-state index < -0.39 is 24.0 Å². The molecule has 8 nitrogen and oxygen atoms in total. The monoisotopic (exact) mass is 308 g/mol. The van der Waals surface area contributed by atoms with Crippen LogP contribution in [-0.4, -0.2) is 62.5 Å². The summed E-state index contributed by atoms with van der Waals surface area (Å²) >= 11 is 0. The molecule has 8 heteroatoms. The molecule has 0 radical (unpaired) electrons. The number of hydrogen-bond acceptors (Lipinski definition) is 8. The Morgan fingerprint density at radius 2 is 2.32 bits per heavy atom. The van der Waals surface area contributed by atoms with E-state index in [1.54, 1.807) is 11.0 Å². The summed E-state index contributed by atoms with van der Waals surface area (Å²) in [5.74, 6) is 0.809. The smallest absolute Gasteiger partial charge is 0.163 e. The third-order valence-electron chi connectivity index (χ3n) is 4.43. The van der Waals surface area contributed by atoms with Gasteiger partial charge < -0.3 is 30.7 Å². The maximum Gasteiger partial charge on any atom is 0.163 e. The number of anilines is 2. The number of aliphatic hydroxyl groups excluding tert-OH is 2. The molecule has 2 aliphatic heterocycles. The molecule has 0 amide bonds. The first kappa shape index (κ1) is 15.2. The third kappa shape index (κ3) is 1.99. The highest BCUT2D eigenvalue weighted by atomic mass is 16.6. The second-order valence-electron chi connectivity index (χ2n) is 5.87. The van der Waals surface area contributed by atoms with Gasteiger partial charge in [-0.3, -0.25) is 0 Å². The van der Waals surface area contributed by atoms with Crippen molar-refractivity contribution in [3.8, 4) is 0 Å². The molecule has 1 aromatic rings. The molecule has 5 N–H and O–H groups in total. The molecule has 3 heterocycles. The Kier molecular flexibility index (Phi) is 3.56. The Hall–Kier alpha value is -1.74. The van der Waals surface area contributed by atoms with Crippen LogP contribution in [0.25, 0.3) is 0 Å². The van der Waals surface area contributed by atoms with Crippen LogP contribution in [-0.2, 0) is 4.74 Å². The van der Waals surface area contributed by atoms with Gasteiger partial charge in [0.15, 0.2) is 6.23 Å². The van der Waals surface area contributed by atoms with Gasteiger partial charge >= 0.3 is 0 Å². The first-order valence-corrected chi connectivity index (χ1v) is 7.08. The number of aliphatic hydroxyl groups is 3. The first-order valence-electron chi connectivity index (χ1n) is 7.08. The topological polar surface area (TPSA) is 125 Å². The predicted octanol–water partition coefficient (Wildman–Crippen LogP) is -1.02. The summed E-state index contributed by atoms with van der Waals surface area (Å²) in [5.41, 5.74) is 5.11. The first-order chi connectivity index (χ1) is 10.4. The van der Waals surface area contributed by atoms with Crippen LogP contribution in [0, 0.1) is 0 Å². The molecule has 0 aromatic carbocycles. The maximum absolute atomic E-state index is 10.6. The zero-order valence-corrected chi connectivity index (χ0v) is 12.3. The normalized spacial score (nSPS) is 37.4. The van der Waals surface area contributed by atoms with Gasteiger partial charge in [-0.05, 0) is 6.92 Å². The van der Waals surface area contributed by atoms with Gasteiger partial charge in [-0.2, -0.15) is 0 Å². The number of nitrogens with two attached hydrogens (primary N) is 1. The minimum atomic E-state index is -1.56. The van der Waals surface area contributed by atoms with Gasteiger partial charge in [-0.1, -0.05) is 6.08 Å². The molecule has 22 heavy (non-hydrogen) atoms. The molecular weight excluding hydrogens is 288 g/mol. The lowest BCUT2D eigenvalue weighted by Gasteiger charge is -2.34. The van der Waals surface area contributed by atoms with Gasteiger partial charge in [-0.15, -0.1) is 6.58 Å². The number of ether oxygens (including phenoxy) is 1. The standard InChI is InChI=1S/C14H20N4O4/c1-3-7-4-18(12-9(7)11(15)16-6-17-12)13-14(2,21)10(20)8(5-19)22-13/h3,6-8,10,13,19-21H,1,4-5H2,2H3,(H2,15,16,17)/t7?,8?,10-,13?,14?/m1/s1. The van der Waals surface area contributed by atoms with Crippen molar-refractivity contribution in [3.05, 3.63) is 24.5 Å². The molecule has 0 bridgehead atoms. The molecule has 0 spiro atoms. The van der Waals surface area contributed by atoms with Crippen molar-refractivity contribution in [2.24, 2.45) is 0 Å². The van der Waals surface area contributed by atoms with Crippen molar-refractivity contribution in [2.75, 3.05) is 23.8 Å². The van der Waals surface area contributed by atoms with E-state index in [2.05, 4.69) is 16.5 Å². The number of rotatable bonds is 3. The Balaban J connectivity index is 2.01. The van der Waals surface area contributed by atoms with Crippen LogP contribution in [0.2, 0.25) is 0 Å². The van der Waals surface area contributed by atoms with Crippen LogP contribution in [0.4, 0.5) is 11.6 Å². The van der Waals surface area contributed by atoms with Crippen molar-refractivity contribution < 1.29 is 20.1 Å². The molecule has 0 aliphatic carbocycles. The zero-order valence-electron chi connectivity index (χ0n) is 12.3. The van der Waals surface area contributed by atoms with E-state index in [4.69, 9.17) is 10.5 Å². The lowest BCUT2D eigenvalue weighted by Crippen LogP contribution is -2.53. The summed E-state index contributed by atoms with van der Waals surface area (Å²) in [4.78, 5) is 9.96. The summed E-state index contributed by atoms with van der Waals surface area (Å²) in [6, 6.07) is 0. The van der Waals surface area contributed by atoms with Gasteiger partial charge in [0.05, 0.1) is 6.61 Å². The van der Waals surface area contributed by atoms with E-state index in [1.165, 1.54) is 13.3 Å². The average Bonchev–Trinajstić information content (AvgIpc) is 2.97. The molecule has 3 rings (SSSR count). The van der Waals surface area contributed by atoms with E-state index in [0.717, 1.165) is 5.56 Å². The van der Waals surface area contributed by atoms with E-state index in [9.17, 15) is 15.3 Å². The zero-order chi connectivity index (χ0) is 16.1. The molecule has 1 fully saturated rings. The largest absolute Gasteiger partial charge is 0.394 e. The Morgan fingerprint density at radius 3 is 2.91 bits per heavy atom. The summed E-state index contributed by atoms with van der Waals surface area (Å²) in [6.45, 7) is 5.34. The van der Waals surface area contributed by atoms with Crippen LogP contribution in [0.15, 0.2) is 19.0 Å². The number of fused-ring (bicyclic) bond motifs is 1. The lowest BCUT2D eigenvalue weighted by atomic mass is 9.96. The van der Waals surface area contributed by atoms with Gasteiger partial charge in [-0.25, -0.2) is 9.97 Å². The van der Waals surface area contributed by atoms with Crippen LogP contribution < -0.4 is 10.6 Å². The SMILES string of the molecule is C=CC1CN(C2OC(CO)[C@@H](O)C2(C)O)c2ncnc(N)c21. The van der Waals surface area contributed by atoms with Gasteiger partial charge in [0.2, 0.25) is 0 Å². The molecule has 5 atom stereocenters. The van der Waals surface area contributed by atoms with Crippen molar-refractivity contribution in [3.63, 3.8) is 0 Å². The van der Waals surface area contributed by atoms with Gasteiger partial charge in [0, 0.05) is 18.0 Å². The fourth-order valence-electron chi connectivity index (χ4n) is 3.20. The predicted molar refractivity (Wildman–Crippen MR) is 79.1 cm³/mol. The number of aromatic nitrogens is 2. The highest BCUT2D eigenvalue weighted by Gasteiger charge is 2.56. The molecular formula is C14H20N4O4. The number of hydrogen-bond donors (Lipinski definition) is 4. The Morgan fingerprint density at radius 1 is 1.59 bits per heavy atom. The maximum atomic E-state index is 10.6. The quantitative estimate of drug-likeness (QED) is 0.523. The Labute approximate surface area is 127 Å². The molecule has 0 saturated carbocycles. The summed E-state index contributed by atoms with van der Waals surface area (Å²) in [5, 5.41) is 30.0. The third-order valence-corrected chi connectivity index (χ3v) is 4.43. The minimum absolute atomic E-state index is 0.0964. The Bertz CT molecular complexity index is 594. The van der Waals surface area contributed by atoms with Crippen molar-refractivity contribution in [1.29, 1.82) is 0 Å². The molecule has 2 aliphatic rings. The van der Waals surface area contributed by atoms with Crippen molar-refractivity contribution in [1.82, 2.24) is 9.97 Å². The number of nitrogens with zero attached hydrogens (tertiary/aromatic N) is 3. The van der Waals surface area contributed by atoms with E-state index in [-0.39, 0.29) is 12.5 Å². The minimum Gasteiger partial charge on any atom is -0.394 e. The summed E-state index contributed by atoms with van der Waals surface area (Å²) in [6.07, 6.45) is 0.175. The highest BCUT2D eigenvalue weighted by molar-refractivity contribution is 5.65. The van der Waals surface area contributed by atoms with Gasteiger partial charge in [0.25, 0.3) is 0 Å². The van der Waals surface area contributed by atoms with Gasteiger partial charge in [0.1, 0.15) is 35.8 Å².